The van der Waals surface area contributed by atoms with E-state index in [0.29, 0.717) is 12.5 Å². The largest absolute Gasteiger partial charge is 0.492 e. The molecule has 2 aliphatic heterocycles. The number of amides is 1. The van der Waals surface area contributed by atoms with Crippen LogP contribution in [-0.2, 0) is 4.79 Å². The van der Waals surface area contributed by atoms with Gasteiger partial charge in [0.25, 0.3) is 0 Å². The molecule has 2 heterocycles. The van der Waals surface area contributed by atoms with Crippen molar-refractivity contribution in [1.82, 2.24) is 4.90 Å². The molecule has 0 saturated carbocycles. The highest BCUT2D eigenvalue weighted by Gasteiger charge is 2.33. The number of hydrogen-bond acceptors (Lipinski definition) is 3. The monoisotopic (exact) mass is 412 g/mol. The maximum absolute atomic E-state index is 13.1. The van der Waals surface area contributed by atoms with E-state index in [4.69, 9.17) is 4.74 Å². The van der Waals surface area contributed by atoms with Gasteiger partial charge in [-0.2, -0.15) is 0 Å². The third kappa shape index (κ3) is 5.18. The number of likely N-dealkylation sites (tertiary alicyclic amines) is 1. The van der Waals surface area contributed by atoms with Gasteiger partial charge in [-0.05, 0) is 38.3 Å². The van der Waals surface area contributed by atoms with Crippen LogP contribution in [0, 0.1) is 11.8 Å². The molecular weight excluding hydrogens is 374 g/mol. The number of piperidine rings is 1. The Hall–Kier alpha value is -2.01. The van der Waals surface area contributed by atoms with Crippen LogP contribution < -0.4 is 14.5 Å². The quantitative estimate of drug-likeness (QED) is 0.729. The fourth-order valence-electron chi connectivity index (χ4n) is 5.35. The zero-order chi connectivity index (χ0) is 20.8. The highest BCUT2D eigenvalue weighted by atomic mass is 16.5. The van der Waals surface area contributed by atoms with Crippen LogP contribution in [0.1, 0.15) is 39.0 Å². The van der Waals surface area contributed by atoms with Gasteiger partial charge in [-0.1, -0.05) is 24.3 Å². The van der Waals surface area contributed by atoms with Crippen molar-refractivity contribution in [3.8, 4) is 5.75 Å². The first-order chi connectivity index (χ1) is 14.7. The van der Waals surface area contributed by atoms with E-state index in [0.717, 1.165) is 69.5 Å². The zero-order valence-electron chi connectivity index (χ0n) is 18.5. The van der Waals surface area contributed by atoms with Crippen LogP contribution in [0.3, 0.4) is 0 Å². The van der Waals surface area contributed by atoms with Crippen molar-refractivity contribution >= 4 is 11.6 Å². The average Bonchev–Trinajstić information content (AvgIpc) is 2.81. The second kappa shape index (κ2) is 10.3. The van der Waals surface area contributed by atoms with Crippen LogP contribution >= 0.6 is 0 Å². The van der Waals surface area contributed by atoms with Gasteiger partial charge in [0.05, 0.1) is 31.9 Å². The number of piperazine rings is 1. The Morgan fingerprint density at radius 3 is 2.53 bits per heavy atom. The van der Waals surface area contributed by atoms with Crippen molar-refractivity contribution < 1.29 is 14.4 Å². The second-order valence-electron chi connectivity index (χ2n) is 9.09. The van der Waals surface area contributed by atoms with Gasteiger partial charge < -0.3 is 19.4 Å². The minimum Gasteiger partial charge on any atom is -0.492 e. The van der Waals surface area contributed by atoms with Crippen molar-refractivity contribution in [1.29, 1.82) is 0 Å². The lowest BCUT2D eigenvalue weighted by molar-refractivity contribution is -0.909. The third-order valence-electron chi connectivity index (χ3n) is 7.09. The molecule has 0 radical (unpaired) electrons. The minimum atomic E-state index is 0.238. The normalized spacial score (nSPS) is 27.2. The molecule has 1 amide bonds. The smallest absolute Gasteiger partial charge is 0.226 e. The Balaban J connectivity index is 1.23. The van der Waals surface area contributed by atoms with E-state index in [1.807, 2.05) is 19.1 Å². The van der Waals surface area contributed by atoms with E-state index in [1.165, 1.54) is 25.8 Å². The Morgan fingerprint density at radius 2 is 1.83 bits per heavy atom. The summed E-state index contributed by atoms with van der Waals surface area (Å²) in [5.41, 5.74) is 1.15. The van der Waals surface area contributed by atoms with Crippen LogP contribution in [0.2, 0.25) is 0 Å². The average molecular weight is 413 g/mol. The lowest BCUT2D eigenvalue weighted by Gasteiger charge is -2.39. The van der Waals surface area contributed by atoms with Crippen molar-refractivity contribution in [2.45, 2.75) is 39.0 Å². The van der Waals surface area contributed by atoms with Gasteiger partial charge in [-0.25, -0.2) is 0 Å². The van der Waals surface area contributed by atoms with Gasteiger partial charge in [-0.3, -0.25) is 4.79 Å². The number of quaternary nitrogens is 1. The van der Waals surface area contributed by atoms with Crippen molar-refractivity contribution in [2.75, 3.05) is 57.3 Å². The molecule has 30 heavy (non-hydrogen) atoms. The number of para-hydroxylation sites is 2. The standard InChI is InChI=1S/C25H37N3O2/c1-2-30-24-11-7-6-10-23(24)27-16-18-28(19-17-27)25(29)22-12-14-26(15-13-22)20-21-8-4-3-5-9-21/h3-4,6-7,10-11,21-22H,2,5,8-9,12-20H2,1H3/p+1/t21-/m1/s1. The molecule has 164 valence electrons. The molecule has 1 atom stereocenters. The molecule has 2 fully saturated rings. The predicted molar refractivity (Wildman–Crippen MR) is 121 cm³/mol. The van der Waals surface area contributed by atoms with E-state index in [9.17, 15) is 4.79 Å². The van der Waals surface area contributed by atoms with Gasteiger partial charge in [0.15, 0.2) is 0 Å². The van der Waals surface area contributed by atoms with Gasteiger partial charge in [0.1, 0.15) is 5.75 Å². The third-order valence-corrected chi connectivity index (χ3v) is 7.09. The SMILES string of the molecule is CCOc1ccccc1N1CCN(C(=O)C2CC[NH+](C[C@@H]3CC=CCC3)CC2)CC1. The number of carbonyl (C=O) groups excluding carboxylic acids is 1. The van der Waals surface area contributed by atoms with Gasteiger partial charge >= 0.3 is 0 Å². The summed E-state index contributed by atoms with van der Waals surface area (Å²) in [6.07, 6.45) is 10.7. The molecule has 1 aliphatic carbocycles. The molecule has 0 bridgehead atoms. The zero-order valence-corrected chi connectivity index (χ0v) is 18.5. The number of benzene rings is 1. The lowest BCUT2D eigenvalue weighted by Crippen LogP contribution is -3.13. The van der Waals surface area contributed by atoms with E-state index >= 15 is 0 Å². The van der Waals surface area contributed by atoms with Crippen LogP contribution in [-0.4, -0.2) is 63.2 Å². The number of anilines is 1. The number of rotatable bonds is 6. The Labute approximate surface area is 181 Å². The highest BCUT2D eigenvalue weighted by molar-refractivity contribution is 5.79. The molecule has 0 unspecified atom stereocenters. The van der Waals surface area contributed by atoms with Crippen molar-refractivity contribution in [2.24, 2.45) is 11.8 Å². The number of allylic oxidation sites excluding steroid dienone is 2. The molecule has 2 saturated heterocycles. The first-order valence-corrected chi connectivity index (χ1v) is 12.0. The van der Waals surface area contributed by atoms with Crippen LogP contribution in [0.4, 0.5) is 5.69 Å². The van der Waals surface area contributed by atoms with Crippen LogP contribution in [0.5, 0.6) is 5.75 Å². The number of ether oxygens (including phenoxy) is 1. The Kier molecular flexibility index (Phi) is 7.32. The summed E-state index contributed by atoms with van der Waals surface area (Å²) in [6.45, 7) is 9.73. The van der Waals surface area contributed by atoms with Crippen LogP contribution in [0.15, 0.2) is 36.4 Å². The maximum Gasteiger partial charge on any atom is 0.226 e. The van der Waals surface area contributed by atoms with Gasteiger partial charge in [0.2, 0.25) is 5.91 Å². The maximum atomic E-state index is 13.1. The fourth-order valence-corrected chi connectivity index (χ4v) is 5.35. The van der Waals surface area contributed by atoms with Gasteiger partial charge in [-0.15, -0.1) is 0 Å². The molecule has 1 N–H and O–H groups in total. The number of hydrogen-bond donors (Lipinski definition) is 1. The summed E-state index contributed by atoms with van der Waals surface area (Å²) >= 11 is 0. The molecule has 0 spiro atoms. The first kappa shape index (κ1) is 21.2. The number of nitrogens with zero attached hydrogens (tertiary/aromatic N) is 2. The predicted octanol–water partition coefficient (Wildman–Crippen LogP) is 2.39. The Morgan fingerprint density at radius 1 is 1.07 bits per heavy atom. The topological polar surface area (TPSA) is 37.2 Å². The minimum absolute atomic E-state index is 0.238. The number of nitrogens with one attached hydrogen (secondary N) is 1. The second-order valence-corrected chi connectivity index (χ2v) is 9.09. The van der Waals surface area contributed by atoms with Gasteiger partial charge in [0, 0.05) is 50.9 Å². The molecule has 5 nitrogen and oxygen atoms in total. The summed E-state index contributed by atoms with van der Waals surface area (Å²) in [6, 6.07) is 8.25. The van der Waals surface area contributed by atoms with Crippen LogP contribution in [0.25, 0.3) is 0 Å². The Bertz CT molecular complexity index is 719. The van der Waals surface area contributed by atoms with E-state index < -0.39 is 0 Å². The highest BCUT2D eigenvalue weighted by Crippen LogP contribution is 2.29. The fraction of sp³-hybridized carbons (Fsp3) is 0.640. The summed E-state index contributed by atoms with van der Waals surface area (Å²) in [5.74, 6) is 2.43. The number of carbonyl (C=O) groups is 1. The molecular formula is C25H38N3O2+. The summed E-state index contributed by atoms with van der Waals surface area (Å²) < 4.78 is 5.80. The van der Waals surface area contributed by atoms with E-state index in [2.05, 4.69) is 34.1 Å². The molecule has 4 rings (SSSR count). The van der Waals surface area contributed by atoms with Crippen molar-refractivity contribution in [3.05, 3.63) is 36.4 Å². The summed E-state index contributed by atoms with van der Waals surface area (Å²) in [4.78, 5) is 19.3. The van der Waals surface area contributed by atoms with E-state index in [-0.39, 0.29) is 5.92 Å². The van der Waals surface area contributed by atoms with E-state index in [1.54, 1.807) is 4.90 Å². The molecule has 5 heteroatoms. The summed E-state index contributed by atoms with van der Waals surface area (Å²) in [5, 5.41) is 0. The molecule has 3 aliphatic rings. The molecule has 1 aromatic rings. The first-order valence-electron chi connectivity index (χ1n) is 12.0. The summed E-state index contributed by atoms with van der Waals surface area (Å²) in [7, 11) is 0. The lowest BCUT2D eigenvalue weighted by atomic mass is 9.91. The molecule has 0 aromatic heterocycles. The molecule has 1 aromatic carbocycles. The van der Waals surface area contributed by atoms with Crippen molar-refractivity contribution in [3.63, 3.8) is 0 Å².